The predicted octanol–water partition coefficient (Wildman–Crippen LogP) is 2.03. The molecule has 0 aliphatic carbocycles. The van der Waals surface area contributed by atoms with Crippen LogP contribution in [0.25, 0.3) is 0 Å². The Bertz CT molecular complexity index is 1000. The second-order valence-corrected chi connectivity index (χ2v) is 7.14. The number of nitrogens with one attached hydrogen (secondary N) is 2. The zero-order valence-electron chi connectivity index (χ0n) is 15.3. The number of nitrogens with zero attached hydrogens (tertiary/aromatic N) is 1. The van der Waals surface area contributed by atoms with Gasteiger partial charge in [-0.1, -0.05) is 29.3 Å². The van der Waals surface area contributed by atoms with Gasteiger partial charge in [0.25, 0.3) is 11.8 Å². The van der Waals surface area contributed by atoms with Crippen LogP contribution in [0.5, 0.6) is 0 Å². The highest BCUT2D eigenvalue weighted by Crippen LogP contribution is 2.30. The van der Waals surface area contributed by atoms with E-state index in [2.05, 4.69) is 10.6 Å². The van der Waals surface area contributed by atoms with Gasteiger partial charge in [-0.25, -0.2) is 4.79 Å². The van der Waals surface area contributed by atoms with E-state index in [1.807, 2.05) is 0 Å². The lowest BCUT2D eigenvalue weighted by molar-refractivity contribution is -0.157. The molecule has 1 aliphatic rings. The Balaban J connectivity index is 1.89. The van der Waals surface area contributed by atoms with Crippen molar-refractivity contribution < 1.29 is 23.9 Å². The van der Waals surface area contributed by atoms with Crippen molar-refractivity contribution in [2.75, 3.05) is 6.61 Å². The lowest BCUT2D eigenvalue weighted by Gasteiger charge is -2.26. The topological polar surface area (TPSA) is 106 Å². The predicted molar refractivity (Wildman–Crippen MR) is 104 cm³/mol. The fourth-order valence-electron chi connectivity index (χ4n) is 3.12. The molecule has 1 aliphatic heterocycles. The second kappa shape index (κ2) is 8.26. The minimum atomic E-state index is -1.97. The summed E-state index contributed by atoms with van der Waals surface area (Å²) in [6.07, 6.45) is 0.940. The first-order chi connectivity index (χ1) is 13.8. The summed E-state index contributed by atoms with van der Waals surface area (Å²) < 4.78 is 6.20. The van der Waals surface area contributed by atoms with Gasteiger partial charge in [-0.05, 0) is 36.8 Å². The molecule has 2 heterocycles. The van der Waals surface area contributed by atoms with Gasteiger partial charge < -0.3 is 14.6 Å². The molecule has 0 radical (unpaired) electrons. The molecule has 1 saturated heterocycles. The highest BCUT2D eigenvalue weighted by molar-refractivity contribution is 6.42. The smallest absolute Gasteiger partial charge is 0.342 e. The number of esters is 1. The van der Waals surface area contributed by atoms with Gasteiger partial charge in [0.2, 0.25) is 11.4 Å². The van der Waals surface area contributed by atoms with Crippen LogP contribution in [0.3, 0.4) is 0 Å². The first-order valence-electron chi connectivity index (χ1n) is 8.71. The standard InChI is InChI=1S/C19H17Cl2N3O5/c1-2-29-18(28)19(9-15(25)23-17(19)27)24-7-3-4-14(24)16(26)22-10-11-5-6-12(20)13(21)8-11/h3-8H,2,9-10H2,1H3,(H,22,26)(H,23,25,27)/t19-/m1/s1. The van der Waals surface area contributed by atoms with Gasteiger partial charge in [-0.2, -0.15) is 0 Å². The van der Waals surface area contributed by atoms with E-state index in [4.69, 9.17) is 27.9 Å². The SMILES string of the molecule is CCOC(=O)[C@@]1(n2cccc2C(=O)NCc2ccc(Cl)c(Cl)c2)CC(=O)NC1=O. The molecule has 0 saturated carbocycles. The number of halogens is 2. The van der Waals surface area contributed by atoms with E-state index in [0.717, 1.165) is 0 Å². The van der Waals surface area contributed by atoms with Gasteiger partial charge in [-0.15, -0.1) is 0 Å². The van der Waals surface area contributed by atoms with Gasteiger partial charge in [-0.3, -0.25) is 19.7 Å². The van der Waals surface area contributed by atoms with Gasteiger partial charge in [0, 0.05) is 12.7 Å². The van der Waals surface area contributed by atoms with Crippen molar-refractivity contribution in [2.45, 2.75) is 25.4 Å². The van der Waals surface area contributed by atoms with E-state index >= 15 is 0 Å². The van der Waals surface area contributed by atoms with Crippen molar-refractivity contribution in [3.05, 3.63) is 57.8 Å². The maximum Gasteiger partial charge on any atom is 0.342 e. The summed E-state index contributed by atoms with van der Waals surface area (Å²) in [6.45, 7) is 1.74. The average molecular weight is 438 g/mol. The number of carbonyl (C=O) groups is 4. The zero-order valence-corrected chi connectivity index (χ0v) is 16.8. The largest absolute Gasteiger partial charge is 0.464 e. The quantitative estimate of drug-likeness (QED) is 0.408. The number of hydrogen-bond acceptors (Lipinski definition) is 5. The summed E-state index contributed by atoms with van der Waals surface area (Å²) in [6, 6.07) is 7.88. The molecule has 0 spiro atoms. The van der Waals surface area contributed by atoms with Crippen molar-refractivity contribution >= 4 is 46.9 Å². The first kappa shape index (κ1) is 20.9. The molecule has 10 heteroatoms. The molecular formula is C19H17Cl2N3O5. The number of rotatable bonds is 6. The van der Waals surface area contributed by atoms with Crippen LogP contribution in [0, 0.1) is 0 Å². The second-order valence-electron chi connectivity index (χ2n) is 6.33. The van der Waals surface area contributed by atoms with Crippen molar-refractivity contribution in [3.8, 4) is 0 Å². The summed E-state index contributed by atoms with van der Waals surface area (Å²) in [7, 11) is 0. The van der Waals surface area contributed by atoms with Crippen molar-refractivity contribution in [3.63, 3.8) is 0 Å². The summed E-state index contributed by atoms with van der Waals surface area (Å²) in [5.41, 5.74) is -1.23. The normalized spacial score (nSPS) is 18.4. The van der Waals surface area contributed by atoms with E-state index < -0.39 is 35.7 Å². The Hall–Kier alpha value is -2.84. The van der Waals surface area contributed by atoms with Gasteiger partial charge >= 0.3 is 5.97 Å². The maximum atomic E-state index is 12.8. The Morgan fingerprint density at radius 2 is 2.00 bits per heavy atom. The van der Waals surface area contributed by atoms with Crippen LogP contribution in [0.15, 0.2) is 36.5 Å². The van der Waals surface area contributed by atoms with Crippen molar-refractivity contribution in [1.82, 2.24) is 15.2 Å². The number of imide groups is 1. The third-order valence-electron chi connectivity index (χ3n) is 4.49. The molecular weight excluding hydrogens is 421 g/mol. The highest BCUT2D eigenvalue weighted by atomic mass is 35.5. The molecule has 1 fully saturated rings. The minimum absolute atomic E-state index is 0.0160. The fourth-order valence-corrected chi connectivity index (χ4v) is 3.44. The molecule has 29 heavy (non-hydrogen) atoms. The number of hydrogen-bond donors (Lipinski definition) is 2. The summed E-state index contributed by atoms with van der Waals surface area (Å²) in [5.74, 6) is -2.91. The van der Waals surface area contributed by atoms with Crippen LogP contribution in [0.1, 0.15) is 29.4 Å². The number of carbonyl (C=O) groups excluding carboxylic acids is 4. The molecule has 1 atom stereocenters. The molecule has 1 aromatic heterocycles. The monoisotopic (exact) mass is 437 g/mol. The van der Waals surface area contributed by atoms with Crippen LogP contribution in [0.2, 0.25) is 10.0 Å². The summed E-state index contributed by atoms with van der Waals surface area (Å²) >= 11 is 11.9. The third kappa shape index (κ3) is 3.86. The van der Waals surface area contributed by atoms with Crippen LogP contribution in [-0.2, 0) is 31.2 Å². The Kier molecular flexibility index (Phi) is 5.95. The number of aromatic nitrogens is 1. The van der Waals surface area contributed by atoms with Gasteiger partial charge in [0.1, 0.15) is 5.69 Å². The molecule has 1 aromatic carbocycles. The van der Waals surface area contributed by atoms with E-state index in [-0.39, 0.29) is 18.8 Å². The Morgan fingerprint density at radius 1 is 1.24 bits per heavy atom. The average Bonchev–Trinajstić information content (AvgIpc) is 3.27. The number of amides is 3. The number of ether oxygens (including phenoxy) is 1. The molecule has 0 unspecified atom stereocenters. The molecule has 2 aromatic rings. The fraction of sp³-hybridized carbons (Fsp3) is 0.263. The van der Waals surface area contributed by atoms with Crippen molar-refractivity contribution in [2.24, 2.45) is 0 Å². The van der Waals surface area contributed by atoms with Crippen molar-refractivity contribution in [1.29, 1.82) is 0 Å². The van der Waals surface area contributed by atoms with Crippen LogP contribution in [0.4, 0.5) is 0 Å². The third-order valence-corrected chi connectivity index (χ3v) is 5.23. The summed E-state index contributed by atoms with van der Waals surface area (Å²) in [4.78, 5) is 49.8. The molecule has 3 amide bonds. The van der Waals surface area contributed by atoms with E-state index in [9.17, 15) is 19.2 Å². The number of benzene rings is 1. The molecule has 3 rings (SSSR count). The first-order valence-corrected chi connectivity index (χ1v) is 9.46. The lowest BCUT2D eigenvalue weighted by Crippen LogP contribution is -2.50. The minimum Gasteiger partial charge on any atom is -0.464 e. The summed E-state index contributed by atoms with van der Waals surface area (Å²) in [5, 5.41) is 5.55. The van der Waals surface area contributed by atoms with Crippen LogP contribution in [-0.4, -0.2) is 34.9 Å². The molecule has 152 valence electrons. The van der Waals surface area contributed by atoms with Gasteiger partial charge in [0.05, 0.1) is 23.1 Å². The zero-order chi connectivity index (χ0) is 21.2. The maximum absolute atomic E-state index is 12.8. The van der Waals surface area contributed by atoms with E-state index in [1.54, 1.807) is 25.1 Å². The molecule has 0 bridgehead atoms. The van der Waals surface area contributed by atoms with E-state index in [1.165, 1.54) is 22.9 Å². The molecule has 8 nitrogen and oxygen atoms in total. The van der Waals surface area contributed by atoms with Crippen LogP contribution >= 0.6 is 23.2 Å². The Labute approximate surface area is 176 Å². The van der Waals surface area contributed by atoms with Gasteiger partial charge in [0.15, 0.2) is 0 Å². The lowest BCUT2D eigenvalue weighted by atomic mass is 9.96. The molecule has 2 N–H and O–H groups in total. The van der Waals surface area contributed by atoms with Crippen LogP contribution < -0.4 is 10.6 Å². The van der Waals surface area contributed by atoms with E-state index in [0.29, 0.717) is 15.6 Å². The Morgan fingerprint density at radius 3 is 2.62 bits per heavy atom. The highest BCUT2D eigenvalue weighted by Gasteiger charge is 2.56.